The molecule has 10 heavy (non-hydrogen) atoms. The van der Waals surface area contributed by atoms with E-state index in [0.29, 0.717) is 12.3 Å². The normalized spacial score (nSPS) is 7.50. The number of Topliss-reactive ketones (excluding diaryl/α,β-unsaturated/α-hetero) is 1. The van der Waals surface area contributed by atoms with Gasteiger partial charge < -0.3 is 4.79 Å². The van der Waals surface area contributed by atoms with Gasteiger partial charge in [-0.15, -0.1) is 18.2 Å². The van der Waals surface area contributed by atoms with Crippen LogP contribution >= 0.6 is 11.6 Å². The zero-order chi connectivity index (χ0) is 8.41. The summed E-state index contributed by atoms with van der Waals surface area (Å²) in [6.07, 6.45) is 3.19. The van der Waals surface area contributed by atoms with E-state index in [0.717, 1.165) is 6.42 Å². The Morgan fingerprint density at radius 1 is 1.70 bits per heavy atom. The molecule has 0 rings (SSSR count). The van der Waals surface area contributed by atoms with Crippen LogP contribution in [0, 0.1) is 0 Å². The Bertz CT molecular complexity index is 89.3. The summed E-state index contributed by atoms with van der Waals surface area (Å²) in [5.41, 5.74) is 0. The van der Waals surface area contributed by atoms with Gasteiger partial charge in [-0.05, 0) is 20.3 Å². The van der Waals surface area contributed by atoms with Gasteiger partial charge in [0.1, 0.15) is 5.78 Å². The summed E-state index contributed by atoms with van der Waals surface area (Å²) in [5, 5.41) is 0. The van der Waals surface area contributed by atoms with E-state index in [2.05, 4.69) is 6.58 Å². The number of allylic oxidation sites excluding steroid dienone is 1. The minimum absolute atomic E-state index is 0.223. The lowest BCUT2D eigenvalue weighted by atomic mass is 10.3. The maximum Gasteiger partial charge on any atom is 0.129 e. The summed E-state index contributed by atoms with van der Waals surface area (Å²) < 4.78 is 0. The van der Waals surface area contributed by atoms with Gasteiger partial charge in [0.15, 0.2) is 0 Å². The summed E-state index contributed by atoms with van der Waals surface area (Å²) in [6.45, 7) is 6.83. The fraction of sp³-hybridized carbons (Fsp3) is 0.625. The molecular formula is C8H15ClO. The minimum atomic E-state index is 0.223. The molecule has 0 fully saturated rings. The highest BCUT2D eigenvalue weighted by atomic mass is 35.5. The molecule has 0 heterocycles. The average Bonchev–Trinajstić information content (AvgIpc) is 1.85. The van der Waals surface area contributed by atoms with Gasteiger partial charge in [0.2, 0.25) is 0 Å². The molecule has 0 atom stereocenters. The summed E-state index contributed by atoms with van der Waals surface area (Å²) in [6, 6.07) is 0. The Morgan fingerprint density at radius 2 is 2.10 bits per heavy atom. The SMILES string of the molecule is C=CC.CC(=O)CCCCl. The van der Waals surface area contributed by atoms with Crippen LogP contribution in [0.4, 0.5) is 0 Å². The van der Waals surface area contributed by atoms with Crippen molar-refractivity contribution >= 4 is 17.4 Å². The third kappa shape index (κ3) is 25.2. The molecule has 1 nitrogen and oxygen atoms in total. The van der Waals surface area contributed by atoms with Gasteiger partial charge in [0, 0.05) is 12.3 Å². The Hall–Kier alpha value is -0.300. The summed E-state index contributed by atoms with van der Waals surface area (Å²) in [7, 11) is 0. The standard InChI is InChI=1S/C5H9ClO.C3H6/c1-5(7)3-2-4-6;1-3-2/h2-4H2,1H3;3H,1H2,2H3. The monoisotopic (exact) mass is 162 g/mol. The largest absolute Gasteiger partial charge is 0.300 e. The molecule has 0 saturated heterocycles. The van der Waals surface area contributed by atoms with E-state index in [1.54, 1.807) is 13.0 Å². The lowest BCUT2D eigenvalue weighted by Gasteiger charge is -1.85. The second-order valence-corrected chi connectivity index (χ2v) is 2.28. The minimum Gasteiger partial charge on any atom is -0.300 e. The first kappa shape index (κ1) is 12.4. The average molecular weight is 163 g/mol. The lowest BCUT2D eigenvalue weighted by molar-refractivity contribution is -0.117. The molecule has 0 radical (unpaired) electrons. The zero-order valence-electron chi connectivity index (χ0n) is 6.69. The van der Waals surface area contributed by atoms with E-state index in [9.17, 15) is 4.79 Å². The van der Waals surface area contributed by atoms with Crippen LogP contribution < -0.4 is 0 Å². The molecule has 0 aromatic heterocycles. The third-order valence-corrected chi connectivity index (χ3v) is 0.930. The maximum atomic E-state index is 10.1. The van der Waals surface area contributed by atoms with Crippen LogP contribution in [0.1, 0.15) is 26.7 Å². The number of hydrogen-bond acceptors (Lipinski definition) is 1. The van der Waals surface area contributed by atoms with Gasteiger partial charge in [0.05, 0.1) is 0 Å². The van der Waals surface area contributed by atoms with Gasteiger partial charge in [-0.2, -0.15) is 0 Å². The van der Waals surface area contributed by atoms with Crippen LogP contribution in [-0.2, 0) is 4.79 Å². The quantitative estimate of drug-likeness (QED) is 0.461. The van der Waals surface area contributed by atoms with Crippen LogP contribution in [0.25, 0.3) is 0 Å². The number of carbonyl (C=O) groups is 1. The Labute approximate surface area is 68.1 Å². The molecule has 0 N–H and O–H groups in total. The van der Waals surface area contributed by atoms with Gasteiger partial charge in [-0.1, -0.05) is 6.08 Å². The zero-order valence-corrected chi connectivity index (χ0v) is 7.45. The molecule has 2 heteroatoms. The fourth-order valence-electron chi connectivity index (χ4n) is 0.316. The van der Waals surface area contributed by atoms with Crippen LogP contribution in [0.15, 0.2) is 12.7 Å². The van der Waals surface area contributed by atoms with Crippen molar-refractivity contribution in [3.8, 4) is 0 Å². The number of alkyl halides is 1. The predicted octanol–water partition coefficient (Wildman–Crippen LogP) is 2.79. The first-order valence-electron chi connectivity index (χ1n) is 3.31. The van der Waals surface area contributed by atoms with Crippen LogP contribution in [0.2, 0.25) is 0 Å². The fourth-order valence-corrected chi connectivity index (χ4v) is 0.449. The number of rotatable bonds is 3. The smallest absolute Gasteiger partial charge is 0.129 e. The predicted molar refractivity (Wildman–Crippen MR) is 46.5 cm³/mol. The van der Waals surface area contributed by atoms with Crippen molar-refractivity contribution in [2.75, 3.05) is 5.88 Å². The summed E-state index contributed by atoms with van der Waals surface area (Å²) in [5.74, 6) is 0.820. The molecule has 0 aromatic rings. The van der Waals surface area contributed by atoms with Crippen molar-refractivity contribution in [2.24, 2.45) is 0 Å². The number of hydrogen-bond donors (Lipinski definition) is 0. The molecule has 0 aliphatic rings. The van der Waals surface area contributed by atoms with E-state index >= 15 is 0 Å². The molecular weight excluding hydrogens is 148 g/mol. The van der Waals surface area contributed by atoms with Gasteiger partial charge in [0.25, 0.3) is 0 Å². The van der Waals surface area contributed by atoms with E-state index in [1.807, 2.05) is 6.92 Å². The Balaban J connectivity index is 0. The maximum absolute atomic E-state index is 10.1. The summed E-state index contributed by atoms with van der Waals surface area (Å²) >= 11 is 5.29. The van der Waals surface area contributed by atoms with Crippen molar-refractivity contribution < 1.29 is 4.79 Å². The van der Waals surface area contributed by atoms with Crippen LogP contribution in [0.5, 0.6) is 0 Å². The lowest BCUT2D eigenvalue weighted by Crippen LogP contribution is -1.88. The van der Waals surface area contributed by atoms with Gasteiger partial charge in [-0.25, -0.2) is 0 Å². The van der Waals surface area contributed by atoms with Crippen molar-refractivity contribution in [3.05, 3.63) is 12.7 Å². The van der Waals surface area contributed by atoms with E-state index < -0.39 is 0 Å². The number of carbonyl (C=O) groups excluding carboxylic acids is 1. The van der Waals surface area contributed by atoms with Crippen molar-refractivity contribution in [1.29, 1.82) is 0 Å². The van der Waals surface area contributed by atoms with Crippen molar-refractivity contribution in [1.82, 2.24) is 0 Å². The highest BCUT2D eigenvalue weighted by Crippen LogP contribution is 1.90. The van der Waals surface area contributed by atoms with Crippen molar-refractivity contribution in [2.45, 2.75) is 26.7 Å². The molecule has 0 aliphatic heterocycles. The molecule has 0 unspecified atom stereocenters. The second kappa shape index (κ2) is 11.5. The summed E-state index contributed by atoms with van der Waals surface area (Å²) in [4.78, 5) is 10.1. The molecule has 0 aromatic carbocycles. The second-order valence-electron chi connectivity index (χ2n) is 1.90. The Morgan fingerprint density at radius 3 is 2.20 bits per heavy atom. The van der Waals surface area contributed by atoms with E-state index in [4.69, 9.17) is 11.6 Å². The molecule has 0 aliphatic carbocycles. The van der Waals surface area contributed by atoms with E-state index in [-0.39, 0.29) is 5.78 Å². The Kier molecular flexibility index (Phi) is 14.2. The third-order valence-electron chi connectivity index (χ3n) is 0.662. The first-order chi connectivity index (χ1) is 4.68. The topological polar surface area (TPSA) is 17.1 Å². The highest BCUT2D eigenvalue weighted by Gasteiger charge is 1.88. The molecule has 0 spiro atoms. The van der Waals surface area contributed by atoms with E-state index in [1.165, 1.54) is 0 Å². The number of ketones is 1. The first-order valence-corrected chi connectivity index (χ1v) is 3.85. The van der Waals surface area contributed by atoms with Crippen LogP contribution in [-0.4, -0.2) is 11.7 Å². The molecule has 0 saturated carbocycles. The number of halogens is 1. The van der Waals surface area contributed by atoms with Gasteiger partial charge in [-0.3, -0.25) is 0 Å². The van der Waals surface area contributed by atoms with Crippen molar-refractivity contribution in [3.63, 3.8) is 0 Å². The molecule has 0 amide bonds. The molecule has 0 bridgehead atoms. The van der Waals surface area contributed by atoms with Gasteiger partial charge >= 0.3 is 0 Å². The highest BCUT2D eigenvalue weighted by molar-refractivity contribution is 6.17. The molecule has 60 valence electrons. The van der Waals surface area contributed by atoms with Crippen LogP contribution in [0.3, 0.4) is 0 Å².